The number of hydrogen-bond donors (Lipinski definition) is 1. The van der Waals surface area contributed by atoms with Gasteiger partial charge >= 0.3 is 0 Å². The lowest BCUT2D eigenvalue weighted by Crippen LogP contribution is -2.31. The molecule has 0 saturated heterocycles. The zero-order valence-electron chi connectivity index (χ0n) is 12.2. The van der Waals surface area contributed by atoms with E-state index in [1.54, 1.807) is 7.11 Å². The van der Waals surface area contributed by atoms with Crippen molar-refractivity contribution in [2.45, 2.75) is 38.9 Å². The molecule has 19 heavy (non-hydrogen) atoms. The molecule has 0 aromatic carbocycles. The van der Waals surface area contributed by atoms with Crippen molar-refractivity contribution in [1.82, 2.24) is 0 Å². The van der Waals surface area contributed by atoms with Crippen molar-refractivity contribution in [1.29, 1.82) is 0 Å². The van der Waals surface area contributed by atoms with Crippen molar-refractivity contribution < 1.29 is 14.6 Å². The summed E-state index contributed by atoms with van der Waals surface area (Å²) in [4.78, 5) is 0. The van der Waals surface area contributed by atoms with Crippen LogP contribution in [0.4, 0.5) is 0 Å². The fraction of sp³-hybridized carbons (Fsp3) is 0.625. The van der Waals surface area contributed by atoms with Crippen LogP contribution in [0.15, 0.2) is 36.0 Å². The molecule has 0 aromatic rings. The van der Waals surface area contributed by atoms with Crippen LogP contribution in [0, 0.1) is 5.92 Å². The zero-order valence-corrected chi connectivity index (χ0v) is 12.2. The molecular formula is C16H26O3. The van der Waals surface area contributed by atoms with E-state index in [-0.39, 0.29) is 12.0 Å². The third-order valence-electron chi connectivity index (χ3n) is 3.23. The highest BCUT2D eigenvalue weighted by Crippen LogP contribution is 2.15. The lowest BCUT2D eigenvalue weighted by molar-refractivity contribution is -0.00198. The van der Waals surface area contributed by atoms with Crippen molar-refractivity contribution in [3.63, 3.8) is 0 Å². The average Bonchev–Trinajstić information content (AvgIpc) is 2.39. The van der Waals surface area contributed by atoms with Crippen LogP contribution in [-0.4, -0.2) is 37.6 Å². The van der Waals surface area contributed by atoms with Gasteiger partial charge in [0.25, 0.3) is 0 Å². The van der Waals surface area contributed by atoms with Gasteiger partial charge in [0.1, 0.15) is 6.10 Å². The molecule has 1 rings (SSSR count). The van der Waals surface area contributed by atoms with E-state index in [0.717, 1.165) is 18.4 Å². The maximum Gasteiger partial charge on any atom is 0.102 e. The van der Waals surface area contributed by atoms with Crippen LogP contribution in [0.5, 0.6) is 0 Å². The van der Waals surface area contributed by atoms with Crippen LogP contribution in [0.1, 0.15) is 26.7 Å². The van der Waals surface area contributed by atoms with Gasteiger partial charge in [0.15, 0.2) is 0 Å². The minimum absolute atomic E-state index is 0.0386. The molecule has 3 atom stereocenters. The summed E-state index contributed by atoms with van der Waals surface area (Å²) in [6.07, 6.45) is 11.4. The van der Waals surface area contributed by atoms with E-state index in [9.17, 15) is 5.11 Å². The fourth-order valence-corrected chi connectivity index (χ4v) is 2.12. The molecule has 3 nitrogen and oxygen atoms in total. The van der Waals surface area contributed by atoms with E-state index < -0.39 is 6.10 Å². The Morgan fingerprint density at radius 1 is 1.26 bits per heavy atom. The minimum atomic E-state index is -0.533. The van der Waals surface area contributed by atoms with Gasteiger partial charge in [-0.25, -0.2) is 0 Å². The van der Waals surface area contributed by atoms with Crippen molar-refractivity contribution in [2.75, 3.05) is 20.3 Å². The van der Waals surface area contributed by atoms with Gasteiger partial charge in [-0.3, -0.25) is 0 Å². The highest BCUT2D eigenvalue weighted by atomic mass is 16.5. The lowest BCUT2D eigenvalue weighted by atomic mass is 9.96. The second kappa shape index (κ2) is 9.08. The molecule has 0 aromatic heterocycles. The number of aliphatic hydroxyl groups excluding tert-OH is 1. The second-order valence-electron chi connectivity index (χ2n) is 5.06. The summed E-state index contributed by atoms with van der Waals surface area (Å²) >= 11 is 0. The standard InChI is InChI=1S/C16H26O3/c1-13-11-14(2)16(17)15(18-3)9-7-5-4-6-8-10-19-12-13/h6-9,11,14-17H,4-5,10,12H2,1-3H3/b8-6+,9-7+,13-11-/t14-,15?,16+/m1/s1. The van der Waals surface area contributed by atoms with E-state index in [0.29, 0.717) is 13.2 Å². The molecule has 0 saturated carbocycles. The first-order valence-corrected chi connectivity index (χ1v) is 6.92. The monoisotopic (exact) mass is 266 g/mol. The van der Waals surface area contributed by atoms with Crippen LogP contribution >= 0.6 is 0 Å². The van der Waals surface area contributed by atoms with Gasteiger partial charge in [0, 0.05) is 13.0 Å². The van der Waals surface area contributed by atoms with Crippen molar-refractivity contribution in [3.8, 4) is 0 Å². The first kappa shape index (κ1) is 16.2. The van der Waals surface area contributed by atoms with Crippen molar-refractivity contribution in [3.05, 3.63) is 36.0 Å². The quantitative estimate of drug-likeness (QED) is 0.742. The third-order valence-corrected chi connectivity index (χ3v) is 3.23. The van der Waals surface area contributed by atoms with Crippen LogP contribution < -0.4 is 0 Å². The molecule has 0 aliphatic carbocycles. The highest BCUT2D eigenvalue weighted by molar-refractivity contribution is 5.06. The average molecular weight is 266 g/mol. The molecule has 108 valence electrons. The number of ether oxygens (including phenoxy) is 2. The first-order valence-electron chi connectivity index (χ1n) is 6.92. The van der Waals surface area contributed by atoms with Crippen LogP contribution in [0.3, 0.4) is 0 Å². The molecule has 1 aliphatic heterocycles. The molecular weight excluding hydrogens is 240 g/mol. The second-order valence-corrected chi connectivity index (χ2v) is 5.06. The molecule has 0 bridgehead atoms. The SMILES string of the molecule is COC1/C=C/CC/C=C/COC/C(C)=C\[C@@H](C)[C@@H]1O. The molecule has 1 heterocycles. The predicted octanol–water partition coefficient (Wildman–Crippen LogP) is 2.87. The van der Waals surface area contributed by atoms with Gasteiger partial charge in [-0.05, 0) is 19.8 Å². The van der Waals surface area contributed by atoms with E-state index in [4.69, 9.17) is 9.47 Å². The fourth-order valence-electron chi connectivity index (χ4n) is 2.12. The van der Waals surface area contributed by atoms with Crippen molar-refractivity contribution >= 4 is 0 Å². The number of aliphatic hydroxyl groups is 1. The molecule has 0 radical (unpaired) electrons. The number of rotatable bonds is 1. The Balaban J connectivity index is 2.77. The Morgan fingerprint density at radius 2 is 2.00 bits per heavy atom. The Bertz CT molecular complexity index is 331. The summed E-state index contributed by atoms with van der Waals surface area (Å²) in [5.74, 6) is 0.0386. The van der Waals surface area contributed by atoms with Gasteiger partial charge in [-0.15, -0.1) is 0 Å². The van der Waals surface area contributed by atoms with Crippen LogP contribution in [0.2, 0.25) is 0 Å². The molecule has 3 heteroatoms. The van der Waals surface area contributed by atoms with Crippen LogP contribution in [-0.2, 0) is 9.47 Å². The van der Waals surface area contributed by atoms with E-state index in [2.05, 4.69) is 24.3 Å². The summed E-state index contributed by atoms with van der Waals surface area (Å²) in [5.41, 5.74) is 1.14. The predicted molar refractivity (Wildman–Crippen MR) is 78.1 cm³/mol. The van der Waals surface area contributed by atoms with E-state index >= 15 is 0 Å². The Hall–Kier alpha value is -0.900. The van der Waals surface area contributed by atoms with E-state index in [1.165, 1.54) is 0 Å². The number of hydrogen-bond acceptors (Lipinski definition) is 3. The van der Waals surface area contributed by atoms with Gasteiger partial charge in [-0.2, -0.15) is 0 Å². The molecule has 0 fully saturated rings. The van der Waals surface area contributed by atoms with Gasteiger partial charge in [0.05, 0.1) is 19.3 Å². The molecule has 1 N–H and O–H groups in total. The Kier molecular flexibility index (Phi) is 7.72. The highest BCUT2D eigenvalue weighted by Gasteiger charge is 2.21. The number of allylic oxidation sites excluding steroid dienone is 2. The van der Waals surface area contributed by atoms with Crippen LogP contribution in [0.25, 0.3) is 0 Å². The maximum absolute atomic E-state index is 10.3. The summed E-state index contributed by atoms with van der Waals surface area (Å²) < 4.78 is 10.9. The molecule has 1 unspecified atom stereocenters. The minimum Gasteiger partial charge on any atom is -0.389 e. The number of methoxy groups -OCH3 is 1. The summed E-state index contributed by atoms with van der Waals surface area (Å²) in [7, 11) is 1.63. The molecule has 0 spiro atoms. The Labute approximate surface area is 116 Å². The summed E-state index contributed by atoms with van der Waals surface area (Å²) in [6.45, 7) is 5.28. The third kappa shape index (κ3) is 6.19. The molecule has 0 amide bonds. The van der Waals surface area contributed by atoms with E-state index in [1.807, 2.05) is 19.9 Å². The topological polar surface area (TPSA) is 38.7 Å². The van der Waals surface area contributed by atoms with Gasteiger partial charge < -0.3 is 14.6 Å². The maximum atomic E-state index is 10.3. The molecule has 1 aliphatic rings. The summed E-state index contributed by atoms with van der Waals surface area (Å²) in [6, 6.07) is 0. The Morgan fingerprint density at radius 3 is 2.74 bits per heavy atom. The van der Waals surface area contributed by atoms with Crippen molar-refractivity contribution in [2.24, 2.45) is 5.92 Å². The zero-order chi connectivity index (χ0) is 14.1. The summed E-state index contributed by atoms with van der Waals surface area (Å²) in [5, 5.41) is 10.3. The largest absolute Gasteiger partial charge is 0.389 e. The first-order chi connectivity index (χ1) is 9.15. The lowest BCUT2D eigenvalue weighted by Gasteiger charge is -2.23. The van der Waals surface area contributed by atoms with Gasteiger partial charge in [-0.1, -0.05) is 42.9 Å². The smallest absolute Gasteiger partial charge is 0.102 e. The van der Waals surface area contributed by atoms with Gasteiger partial charge in [0.2, 0.25) is 0 Å². The normalized spacial score (nSPS) is 36.8.